The van der Waals surface area contributed by atoms with Gasteiger partial charge in [-0.15, -0.1) is 0 Å². The lowest BCUT2D eigenvalue weighted by molar-refractivity contribution is 0.00578. The van der Waals surface area contributed by atoms with Gasteiger partial charge < -0.3 is 34.1 Å². The summed E-state index contributed by atoms with van der Waals surface area (Å²) < 4.78 is 151. The monoisotopic (exact) mass is 1670 g/mol. The standard InChI is InChI=1S/C20H20ClFN2O4S.C17H15ClFNO3.C13H8ClF2NO2.C11H14BClFNO2.C8H6BrFO2.C3H7NO2S/c1-11-7-16(19(25)24-29(26,27)14-5-6-14)18(22)9-15(11)12-8-17(21)20(23-10-12)28-13-3-2-4-13;1-9-5-13(17(21)22)15(19)7-12(9)10-6-14(18)16(20-8-10)23-11-3-2-4-11;1-6-2-9(13(18)19)11(15)4-8(6)7-3-10(14)12(16)17-5-7;1-10(2)11(3,4)17-12(16-10)7-5-8(13)9(14)15-6-7;1-4-2-5(8(11)12)7(10)3-6(4)9;4-7(5,6)3-1-2-3/h7-10,13-14H,2-6H2,1H3,(H,24,25);5-8,11H,2-4H2,1H3,(H,21,22);2-5H,1H3,(H,18,19);5-6H,1-4H3;2-3H,1H3,(H,11,12);3H,1-2H2,(H2,4,5,6). The minimum absolute atomic E-state index is 0.0304. The summed E-state index contributed by atoms with van der Waals surface area (Å²) in [6.07, 6.45) is 14.8. The van der Waals surface area contributed by atoms with E-state index in [9.17, 15) is 62.4 Å². The molecule has 5 aliphatic rings. The fourth-order valence-corrected chi connectivity index (χ4v) is 13.2. The predicted octanol–water partition coefficient (Wildman–Crippen LogP) is 16.4. The van der Waals surface area contributed by atoms with Crippen molar-refractivity contribution in [1.82, 2.24) is 24.7 Å². The molecule has 1 amide bonds. The summed E-state index contributed by atoms with van der Waals surface area (Å²) in [7, 11) is -7.45. The second-order valence-electron chi connectivity index (χ2n) is 26.4. The molecular weight excluding hydrogens is 1600 g/mol. The van der Waals surface area contributed by atoms with Crippen LogP contribution in [-0.2, 0) is 29.4 Å². The van der Waals surface area contributed by atoms with Crippen molar-refractivity contribution in [3.05, 3.63) is 202 Å². The minimum Gasteiger partial charge on any atom is -0.478 e. The molecule has 0 bridgehead atoms. The first-order valence-corrected chi connectivity index (χ1v) is 38.2. The average molecular weight is 1670 g/mol. The van der Waals surface area contributed by atoms with Crippen LogP contribution in [0.2, 0.25) is 20.1 Å². The molecule has 0 atom stereocenters. The van der Waals surface area contributed by atoms with Crippen LogP contribution in [0.5, 0.6) is 11.8 Å². The lowest BCUT2D eigenvalue weighted by atomic mass is 9.80. The zero-order valence-corrected chi connectivity index (χ0v) is 64.5. The number of carbonyl (C=O) groups excluding carboxylic acids is 1. The number of hydrogen-bond acceptors (Lipinski definition) is 16. The van der Waals surface area contributed by atoms with Crippen LogP contribution >= 0.6 is 62.3 Å². The second kappa shape index (κ2) is 35.2. The normalized spacial score (nSPS) is 15.6. The third kappa shape index (κ3) is 22.1. The van der Waals surface area contributed by atoms with Gasteiger partial charge in [-0.3, -0.25) is 4.79 Å². The summed E-state index contributed by atoms with van der Waals surface area (Å²) >= 11 is 26.9. The molecule has 21 nitrogen and oxygen atoms in total. The summed E-state index contributed by atoms with van der Waals surface area (Å²) in [4.78, 5) is 59.9. The van der Waals surface area contributed by atoms with Crippen molar-refractivity contribution in [2.24, 2.45) is 5.14 Å². The molecule has 1 saturated heterocycles. The zero-order valence-electron chi connectivity index (χ0n) is 58.3. The van der Waals surface area contributed by atoms with Gasteiger partial charge in [0.2, 0.25) is 43.7 Å². The summed E-state index contributed by atoms with van der Waals surface area (Å²) in [6.45, 7) is 14.5. The maximum absolute atomic E-state index is 14.6. The molecule has 4 aromatic carbocycles. The Morgan fingerprint density at radius 3 is 1.19 bits per heavy atom. The van der Waals surface area contributed by atoms with Crippen LogP contribution in [0.15, 0.2) is 102 Å². The molecule has 107 heavy (non-hydrogen) atoms. The number of nitrogens with zero attached hydrogens (tertiary/aromatic N) is 4. The summed E-state index contributed by atoms with van der Waals surface area (Å²) in [5, 5.41) is 30.7. The van der Waals surface area contributed by atoms with E-state index in [1.54, 1.807) is 52.2 Å². The van der Waals surface area contributed by atoms with E-state index in [0.29, 0.717) is 100 Å². The van der Waals surface area contributed by atoms with Gasteiger partial charge in [0, 0.05) is 51.4 Å². The highest BCUT2D eigenvalue weighted by molar-refractivity contribution is 9.10. The zero-order chi connectivity index (χ0) is 79.1. The van der Waals surface area contributed by atoms with Gasteiger partial charge in [0.15, 0.2) is 0 Å². The molecule has 570 valence electrons. The van der Waals surface area contributed by atoms with Crippen LogP contribution in [0.3, 0.4) is 0 Å². The lowest BCUT2D eigenvalue weighted by Crippen LogP contribution is -2.41. The molecule has 35 heteroatoms. The van der Waals surface area contributed by atoms with Crippen molar-refractivity contribution in [2.45, 2.75) is 154 Å². The van der Waals surface area contributed by atoms with Gasteiger partial charge in [-0.05, 0) is 231 Å². The number of benzene rings is 4. The van der Waals surface area contributed by atoms with Crippen molar-refractivity contribution >= 4 is 119 Å². The number of nitrogens with two attached hydrogens (primary N) is 1. The van der Waals surface area contributed by atoms with E-state index in [2.05, 4.69) is 35.9 Å². The van der Waals surface area contributed by atoms with Gasteiger partial charge in [-0.2, -0.15) is 8.78 Å². The van der Waals surface area contributed by atoms with Crippen molar-refractivity contribution < 1.29 is 96.5 Å². The Balaban J connectivity index is 0.000000169. The fourth-order valence-electron chi connectivity index (χ4n) is 10.1. The van der Waals surface area contributed by atoms with Crippen LogP contribution in [0.25, 0.3) is 33.4 Å². The number of nitrogens with one attached hydrogen (secondary N) is 1. The second-order valence-corrected chi connectivity index (χ2v) is 32.7. The van der Waals surface area contributed by atoms with E-state index >= 15 is 0 Å². The van der Waals surface area contributed by atoms with Gasteiger partial charge in [0.05, 0.1) is 54.0 Å². The number of amides is 1. The number of primary sulfonamides is 1. The first kappa shape index (κ1) is 84.6. The predicted molar refractivity (Wildman–Crippen MR) is 395 cm³/mol. The van der Waals surface area contributed by atoms with Crippen LogP contribution in [0.4, 0.5) is 26.3 Å². The molecular formula is C72H70BBrCl4F6N6O15S2. The molecule has 4 aliphatic carbocycles. The van der Waals surface area contributed by atoms with Gasteiger partial charge in [0.25, 0.3) is 5.91 Å². The van der Waals surface area contributed by atoms with Gasteiger partial charge >= 0.3 is 25.0 Å². The number of halogens is 11. The molecule has 4 aromatic heterocycles. The molecule has 6 N–H and O–H groups in total. The van der Waals surface area contributed by atoms with Crippen molar-refractivity contribution in [1.29, 1.82) is 0 Å². The van der Waals surface area contributed by atoms with Gasteiger partial charge in [-0.1, -0.05) is 62.3 Å². The van der Waals surface area contributed by atoms with Crippen LogP contribution in [0.1, 0.15) is 156 Å². The number of ether oxygens (including phenoxy) is 2. The number of sulfonamides is 2. The molecule has 1 aliphatic heterocycles. The Kier molecular flexibility index (Phi) is 27.8. The van der Waals surface area contributed by atoms with E-state index in [1.165, 1.54) is 60.9 Å². The van der Waals surface area contributed by atoms with Crippen LogP contribution in [-0.4, -0.2) is 117 Å². The third-order valence-electron chi connectivity index (χ3n) is 17.7. The molecule has 8 aromatic rings. The fraction of sp³-hybridized carbons (Fsp3) is 0.333. The highest BCUT2D eigenvalue weighted by atomic mass is 79.9. The Labute approximate surface area is 641 Å². The van der Waals surface area contributed by atoms with Crippen LogP contribution < -0.4 is 24.8 Å². The van der Waals surface area contributed by atoms with Crippen molar-refractivity contribution in [3.63, 3.8) is 0 Å². The molecule has 5 heterocycles. The third-order valence-corrected chi connectivity index (χ3v) is 22.8. The maximum atomic E-state index is 14.6. The number of carbonyl (C=O) groups is 4. The van der Waals surface area contributed by atoms with Crippen molar-refractivity contribution in [3.8, 4) is 45.1 Å². The molecule has 0 spiro atoms. The molecule has 4 saturated carbocycles. The maximum Gasteiger partial charge on any atom is 0.496 e. The number of pyridine rings is 4. The Bertz CT molecular complexity index is 4970. The minimum atomic E-state index is -3.75. The number of carboxylic acid groups (broad SMARTS) is 3. The Morgan fingerprint density at radius 2 is 0.850 bits per heavy atom. The van der Waals surface area contributed by atoms with Crippen LogP contribution in [0, 0.1) is 62.9 Å². The van der Waals surface area contributed by atoms with E-state index < -0.39 is 108 Å². The van der Waals surface area contributed by atoms with Gasteiger partial charge in [-0.25, -0.2) is 78.6 Å². The van der Waals surface area contributed by atoms with E-state index in [-0.39, 0.29) is 44.2 Å². The quantitative estimate of drug-likeness (QED) is 0.0362. The largest absolute Gasteiger partial charge is 0.496 e. The Morgan fingerprint density at radius 1 is 0.505 bits per heavy atom. The average Bonchev–Trinajstić information content (AvgIpc) is 1.68. The first-order chi connectivity index (χ1) is 49.9. The summed E-state index contributed by atoms with van der Waals surface area (Å²) in [6, 6.07) is 15.8. The van der Waals surface area contributed by atoms with E-state index in [1.807, 2.05) is 32.4 Å². The summed E-state index contributed by atoms with van der Waals surface area (Å²) in [5.41, 5.74) is 3.91. The molecule has 0 radical (unpaired) electrons. The lowest BCUT2D eigenvalue weighted by Gasteiger charge is -2.32. The van der Waals surface area contributed by atoms with E-state index in [0.717, 1.165) is 63.5 Å². The first-order valence-electron chi connectivity index (χ1n) is 32.7. The molecule has 5 fully saturated rings. The number of aromatic nitrogens is 4. The topological polar surface area (TPSA) is 324 Å². The SMILES string of the molecule is CC1(C)OB(c2cnc(F)c(Cl)c2)OC1(C)C.Cc1cc(C(=O)NS(=O)(=O)C2CC2)c(F)cc1-c1cnc(OC2CCC2)c(Cl)c1.Cc1cc(C(=O)O)c(F)cc1-c1cnc(F)c(Cl)c1.Cc1cc(C(=O)O)c(F)cc1-c1cnc(OC2CCC2)c(Cl)c1.Cc1cc(C(=O)O)c(F)cc1Br.NS(=O)(=O)C1CC1. The van der Waals surface area contributed by atoms with E-state index in [4.69, 9.17) is 85.6 Å². The number of aromatic carboxylic acids is 3. The highest BCUT2D eigenvalue weighted by Gasteiger charge is 2.52. The number of hydrogen-bond donors (Lipinski definition) is 5. The number of carboxylic acids is 3. The molecule has 13 rings (SSSR count). The Hall–Kier alpha value is -7.98. The highest BCUT2D eigenvalue weighted by Crippen LogP contribution is 2.39. The van der Waals surface area contributed by atoms with Gasteiger partial charge in [0.1, 0.15) is 45.5 Å². The summed E-state index contributed by atoms with van der Waals surface area (Å²) in [5.74, 6) is -8.83. The number of aryl methyl sites for hydroxylation is 4. The number of rotatable bonds is 15. The smallest absolute Gasteiger partial charge is 0.478 e. The molecule has 0 unspecified atom stereocenters. The van der Waals surface area contributed by atoms with Crippen molar-refractivity contribution in [2.75, 3.05) is 0 Å².